The first-order valence-corrected chi connectivity index (χ1v) is 7.33. The summed E-state index contributed by atoms with van der Waals surface area (Å²) in [7, 11) is 0. The van der Waals surface area contributed by atoms with E-state index in [2.05, 4.69) is 10.6 Å². The van der Waals surface area contributed by atoms with Gasteiger partial charge in [0.2, 0.25) is 5.91 Å². The predicted octanol–water partition coefficient (Wildman–Crippen LogP) is -0.340. The van der Waals surface area contributed by atoms with Crippen LogP contribution in [-0.2, 0) is 9.53 Å². The minimum absolute atomic E-state index is 0. The summed E-state index contributed by atoms with van der Waals surface area (Å²) in [6.07, 6.45) is 0.409. The standard InChI is InChI=1S/C13H24N4O3.ClH/c1-2-15-13(19)17-6-4-16(5-7-17)12(18)9-11-10-14-3-8-20-11;/h11,14H,2-10H2,1H3,(H,15,19);1H. The second kappa shape index (κ2) is 9.07. The Morgan fingerprint density at radius 3 is 2.48 bits per heavy atom. The Bertz CT molecular complexity index is 342. The number of halogens is 1. The Morgan fingerprint density at radius 2 is 1.90 bits per heavy atom. The third kappa shape index (κ3) is 5.33. The van der Waals surface area contributed by atoms with E-state index < -0.39 is 0 Å². The summed E-state index contributed by atoms with van der Waals surface area (Å²) in [5.74, 6) is 0.120. The van der Waals surface area contributed by atoms with Crippen LogP contribution in [0.3, 0.4) is 0 Å². The molecule has 1 unspecified atom stereocenters. The van der Waals surface area contributed by atoms with Crippen molar-refractivity contribution in [2.45, 2.75) is 19.4 Å². The Kier molecular flexibility index (Phi) is 7.77. The molecule has 0 aliphatic carbocycles. The van der Waals surface area contributed by atoms with Crippen LogP contribution >= 0.6 is 12.4 Å². The summed E-state index contributed by atoms with van der Waals surface area (Å²) in [5, 5.41) is 6.00. The molecule has 0 bridgehead atoms. The van der Waals surface area contributed by atoms with E-state index >= 15 is 0 Å². The molecule has 0 radical (unpaired) electrons. The Morgan fingerprint density at radius 1 is 1.24 bits per heavy atom. The van der Waals surface area contributed by atoms with Crippen molar-refractivity contribution in [3.8, 4) is 0 Å². The number of ether oxygens (including phenoxy) is 1. The van der Waals surface area contributed by atoms with Gasteiger partial charge >= 0.3 is 6.03 Å². The van der Waals surface area contributed by atoms with E-state index in [4.69, 9.17) is 4.74 Å². The molecule has 2 rings (SSSR count). The van der Waals surface area contributed by atoms with E-state index in [-0.39, 0.29) is 30.4 Å². The van der Waals surface area contributed by atoms with Gasteiger partial charge in [-0.05, 0) is 6.92 Å². The smallest absolute Gasteiger partial charge is 0.317 e. The van der Waals surface area contributed by atoms with E-state index in [1.165, 1.54) is 0 Å². The molecule has 21 heavy (non-hydrogen) atoms. The number of morpholine rings is 1. The van der Waals surface area contributed by atoms with E-state index in [0.29, 0.717) is 45.8 Å². The third-order valence-corrected chi connectivity index (χ3v) is 3.65. The van der Waals surface area contributed by atoms with Crippen LogP contribution < -0.4 is 10.6 Å². The molecule has 2 heterocycles. The van der Waals surface area contributed by atoms with Gasteiger partial charge in [0, 0.05) is 45.8 Å². The zero-order chi connectivity index (χ0) is 14.4. The van der Waals surface area contributed by atoms with Crippen molar-refractivity contribution in [1.82, 2.24) is 20.4 Å². The number of carbonyl (C=O) groups excluding carboxylic acids is 2. The van der Waals surface area contributed by atoms with Crippen LogP contribution in [0.5, 0.6) is 0 Å². The van der Waals surface area contributed by atoms with E-state index in [0.717, 1.165) is 13.1 Å². The molecule has 0 aromatic rings. The summed E-state index contributed by atoms with van der Waals surface area (Å²) in [4.78, 5) is 27.4. The van der Waals surface area contributed by atoms with E-state index in [9.17, 15) is 9.59 Å². The first-order chi connectivity index (χ1) is 9.70. The van der Waals surface area contributed by atoms with Crippen molar-refractivity contribution in [2.75, 3.05) is 52.4 Å². The van der Waals surface area contributed by atoms with Crippen LogP contribution in [0.4, 0.5) is 4.79 Å². The second-order valence-corrected chi connectivity index (χ2v) is 5.10. The number of carbonyl (C=O) groups is 2. The van der Waals surface area contributed by atoms with Gasteiger partial charge in [0.25, 0.3) is 0 Å². The number of hydrogen-bond donors (Lipinski definition) is 2. The van der Waals surface area contributed by atoms with Gasteiger partial charge in [0.15, 0.2) is 0 Å². The number of rotatable bonds is 3. The van der Waals surface area contributed by atoms with Crippen LogP contribution in [0.15, 0.2) is 0 Å². The fourth-order valence-electron chi connectivity index (χ4n) is 2.50. The maximum Gasteiger partial charge on any atom is 0.317 e. The molecule has 2 aliphatic rings. The number of piperazine rings is 1. The summed E-state index contributed by atoms with van der Waals surface area (Å²) in [6.45, 7) is 7.21. The van der Waals surface area contributed by atoms with Crippen molar-refractivity contribution in [1.29, 1.82) is 0 Å². The van der Waals surface area contributed by atoms with Gasteiger partial charge in [-0.15, -0.1) is 12.4 Å². The zero-order valence-electron chi connectivity index (χ0n) is 12.5. The SMILES string of the molecule is CCNC(=O)N1CCN(C(=O)CC2CNCCO2)CC1.Cl. The minimum atomic E-state index is -0.0422. The lowest BCUT2D eigenvalue weighted by atomic mass is 10.2. The second-order valence-electron chi connectivity index (χ2n) is 5.10. The molecule has 122 valence electrons. The average Bonchev–Trinajstić information content (AvgIpc) is 2.48. The van der Waals surface area contributed by atoms with Gasteiger partial charge in [-0.3, -0.25) is 4.79 Å². The number of nitrogens with one attached hydrogen (secondary N) is 2. The Balaban J connectivity index is 0.00000220. The molecular formula is C13H25ClN4O3. The monoisotopic (exact) mass is 320 g/mol. The highest BCUT2D eigenvalue weighted by molar-refractivity contribution is 5.85. The molecule has 2 aliphatic heterocycles. The zero-order valence-corrected chi connectivity index (χ0v) is 13.3. The van der Waals surface area contributed by atoms with E-state index in [1.54, 1.807) is 4.90 Å². The normalized spacial score (nSPS) is 22.4. The summed E-state index contributed by atoms with van der Waals surface area (Å²) in [5.41, 5.74) is 0. The molecule has 0 spiro atoms. The lowest BCUT2D eigenvalue weighted by molar-refractivity contribution is -0.136. The maximum atomic E-state index is 12.2. The van der Waals surface area contributed by atoms with Crippen molar-refractivity contribution in [2.24, 2.45) is 0 Å². The van der Waals surface area contributed by atoms with Gasteiger partial charge < -0.3 is 25.2 Å². The molecule has 1 atom stereocenters. The largest absolute Gasteiger partial charge is 0.375 e. The van der Waals surface area contributed by atoms with Gasteiger partial charge in [0.05, 0.1) is 19.1 Å². The molecule has 0 aromatic heterocycles. The predicted molar refractivity (Wildman–Crippen MR) is 81.7 cm³/mol. The lowest BCUT2D eigenvalue weighted by Gasteiger charge is -2.35. The molecule has 2 fully saturated rings. The Hall–Kier alpha value is -1.05. The molecular weight excluding hydrogens is 296 g/mol. The number of nitrogens with zero attached hydrogens (tertiary/aromatic N) is 2. The van der Waals surface area contributed by atoms with Crippen molar-refractivity contribution >= 4 is 24.3 Å². The third-order valence-electron chi connectivity index (χ3n) is 3.65. The number of hydrogen-bond acceptors (Lipinski definition) is 4. The lowest BCUT2D eigenvalue weighted by Crippen LogP contribution is -2.54. The van der Waals surface area contributed by atoms with Crippen molar-refractivity contribution in [3.63, 3.8) is 0 Å². The Labute approximate surface area is 131 Å². The molecule has 2 N–H and O–H groups in total. The topological polar surface area (TPSA) is 73.9 Å². The van der Waals surface area contributed by atoms with Crippen LogP contribution in [-0.4, -0.2) is 80.3 Å². The highest BCUT2D eigenvalue weighted by Gasteiger charge is 2.26. The minimum Gasteiger partial charge on any atom is -0.375 e. The highest BCUT2D eigenvalue weighted by atomic mass is 35.5. The fraction of sp³-hybridized carbons (Fsp3) is 0.846. The van der Waals surface area contributed by atoms with Crippen molar-refractivity contribution in [3.05, 3.63) is 0 Å². The number of urea groups is 1. The van der Waals surface area contributed by atoms with Crippen LogP contribution in [0.2, 0.25) is 0 Å². The first kappa shape index (κ1) is 18.0. The number of amides is 3. The van der Waals surface area contributed by atoms with Gasteiger partial charge in [-0.2, -0.15) is 0 Å². The first-order valence-electron chi connectivity index (χ1n) is 7.33. The fourth-order valence-corrected chi connectivity index (χ4v) is 2.50. The summed E-state index contributed by atoms with van der Waals surface area (Å²) in [6, 6.07) is -0.0422. The average molecular weight is 321 g/mol. The van der Waals surface area contributed by atoms with Crippen LogP contribution in [0.25, 0.3) is 0 Å². The summed E-state index contributed by atoms with van der Waals surface area (Å²) < 4.78 is 5.55. The maximum absolute atomic E-state index is 12.2. The van der Waals surface area contributed by atoms with Gasteiger partial charge in [-0.25, -0.2) is 4.79 Å². The molecule has 3 amide bonds. The van der Waals surface area contributed by atoms with Crippen LogP contribution in [0, 0.1) is 0 Å². The van der Waals surface area contributed by atoms with E-state index in [1.807, 2.05) is 11.8 Å². The molecule has 8 heteroatoms. The molecule has 2 saturated heterocycles. The molecule has 0 aromatic carbocycles. The summed E-state index contributed by atoms with van der Waals surface area (Å²) >= 11 is 0. The highest BCUT2D eigenvalue weighted by Crippen LogP contribution is 2.08. The quantitative estimate of drug-likeness (QED) is 0.746. The van der Waals surface area contributed by atoms with Crippen molar-refractivity contribution < 1.29 is 14.3 Å². The van der Waals surface area contributed by atoms with Crippen LogP contribution in [0.1, 0.15) is 13.3 Å². The molecule has 0 saturated carbocycles. The molecule has 7 nitrogen and oxygen atoms in total. The van der Waals surface area contributed by atoms with Gasteiger partial charge in [0.1, 0.15) is 0 Å². The van der Waals surface area contributed by atoms with Gasteiger partial charge in [-0.1, -0.05) is 0 Å².